The number of piperazine rings is 1. The van der Waals surface area contributed by atoms with Crippen LogP contribution in [0.2, 0.25) is 0 Å². The lowest BCUT2D eigenvalue weighted by Crippen LogP contribution is -2.48. The highest BCUT2D eigenvalue weighted by molar-refractivity contribution is 5.92. The van der Waals surface area contributed by atoms with Crippen LogP contribution in [0.25, 0.3) is 6.08 Å². The fourth-order valence-electron chi connectivity index (χ4n) is 2.92. The highest BCUT2D eigenvalue weighted by atomic mass is 16.2. The zero-order valence-electron chi connectivity index (χ0n) is 15.4. The van der Waals surface area contributed by atoms with Crippen LogP contribution >= 0.6 is 0 Å². The number of carbonyl (C=O) groups excluding carboxylic acids is 1. The Bertz CT molecular complexity index is 782. The van der Waals surface area contributed by atoms with E-state index in [1.54, 1.807) is 18.3 Å². The van der Waals surface area contributed by atoms with Crippen LogP contribution in [0.3, 0.4) is 0 Å². The van der Waals surface area contributed by atoms with Crippen molar-refractivity contribution in [2.24, 2.45) is 0 Å². The van der Waals surface area contributed by atoms with Crippen LogP contribution in [0.15, 0.2) is 61.3 Å². The molecule has 2 heterocycles. The van der Waals surface area contributed by atoms with E-state index < -0.39 is 0 Å². The van der Waals surface area contributed by atoms with E-state index in [0.29, 0.717) is 31.3 Å². The summed E-state index contributed by atoms with van der Waals surface area (Å²) in [5.74, 6) is 0.406. The Hall–Kier alpha value is -2.99. The molecular formula is C21H25N5O. The Kier molecular flexibility index (Phi) is 6.71. The minimum Gasteiger partial charge on any atom is -0.351 e. The average molecular weight is 363 g/mol. The van der Waals surface area contributed by atoms with Crippen LogP contribution in [0.1, 0.15) is 16.1 Å². The maximum atomic E-state index is 12.7. The average Bonchev–Trinajstić information content (AvgIpc) is 2.73. The molecule has 0 bridgehead atoms. The SMILES string of the molecule is C=CCNc1nccc(C(=O)N2CCN(C/C=C/c3ccccc3)CC2)n1. The first-order valence-corrected chi connectivity index (χ1v) is 9.17. The van der Waals surface area contributed by atoms with Crippen molar-refractivity contribution >= 4 is 17.9 Å². The van der Waals surface area contributed by atoms with E-state index in [1.165, 1.54) is 5.56 Å². The number of nitrogens with one attached hydrogen (secondary N) is 1. The number of carbonyl (C=O) groups is 1. The van der Waals surface area contributed by atoms with E-state index >= 15 is 0 Å². The Balaban J connectivity index is 1.49. The Morgan fingerprint density at radius 1 is 1.15 bits per heavy atom. The van der Waals surface area contributed by atoms with Crippen molar-refractivity contribution in [1.29, 1.82) is 0 Å². The van der Waals surface area contributed by atoms with Crippen molar-refractivity contribution in [3.63, 3.8) is 0 Å². The zero-order valence-corrected chi connectivity index (χ0v) is 15.4. The van der Waals surface area contributed by atoms with Crippen molar-refractivity contribution in [3.05, 3.63) is 72.6 Å². The number of amides is 1. The quantitative estimate of drug-likeness (QED) is 0.766. The Labute approximate surface area is 160 Å². The number of aromatic nitrogens is 2. The highest BCUT2D eigenvalue weighted by Crippen LogP contribution is 2.09. The van der Waals surface area contributed by atoms with Gasteiger partial charge in [0.05, 0.1) is 0 Å². The van der Waals surface area contributed by atoms with Gasteiger partial charge in [-0.2, -0.15) is 0 Å². The summed E-state index contributed by atoms with van der Waals surface area (Å²) in [4.78, 5) is 25.3. The summed E-state index contributed by atoms with van der Waals surface area (Å²) >= 11 is 0. The molecule has 2 aromatic rings. The molecule has 1 aliphatic rings. The van der Waals surface area contributed by atoms with Crippen LogP contribution in [0.5, 0.6) is 0 Å². The number of anilines is 1. The monoisotopic (exact) mass is 363 g/mol. The van der Waals surface area contributed by atoms with E-state index in [4.69, 9.17) is 0 Å². The maximum Gasteiger partial charge on any atom is 0.272 e. The molecule has 3 rings (SSSR count). The van der Waals surface area contributed by atoms with Crippen LogP contribution < -0.4 is 5.32 Å². The third-order valence-corrected chi connectivity index (χ3v) is 4.41. The summed E-state index contributed by atoms with van der Waals surface area (Å²) < 4.78 is 0. The Morgan fingerprint density at radius 2 is 1.93 bits per heavy atom. The van der Waals surface area contributed by atoms with E-state index in [9.17, 15) is 4.79 Å². The standard InChI is InChI=1S/C21H25N5O/c1-2-11-22-21-23-12-10-19(24-21)20(27)26-16-14-25(15-17-26)13-6-9-18-7-4-3-5-8-18/h2-10,12H,1,11,13-17H2,(H,22,23,24)/b9-6+. The van der Waals surface area contributed by atoms with Crippen molar-refractivity contribution in [2.45, 2.75) is 0 Å². The third-order valence-electron chi connectivity index (χ3n) is 4.41. The molecule has 0 saturated carbocycles. The first-order chi connectivity index (χ1) is 13.3. The molecule has 1 N–H and O–H groups in total. The van der Waals surface area contributed by atoms with Gasteiger partial charge in [-0.3, -0.25) is 9.69 Å². The minimum atomic E-state index is -0.0430. The van der Waals surface area contributed by atoms with E-state index in [0.717, 1.165) is 19.6 Å². The molecule has 0 spiro atoms. The van der Waals surface area contributed by atoms with Gasteiger partial charge in [-0.1, -0.05) is 48.6 Å². The van der Waals surface area contributed by atoms with Crippen molar-refractivity contribution < 1.29 is 4.79 Å². The Morgan fingerprint density at radius 3 is 2.67 bits per heavy atom. The topological polar surface area (TPSA) is 61.4 Å². The van der Waals surface area contributed by atoms with Crippen molar-refractivity contribution in [2.75, 3.05) is 44.6 Å². The minimum absolute atomic E-state index is 0.0430. The number of hydrogen-bond acceptors (Lipinski definition) is 5. The normalized spacial score (nSPS) is 15.0. The smallest absolute Gasteiger partial charge is 0.272 e. The third kappa shape index (κ3) is 5.49. The van der Waals surface area contributed by atoms with Gasteiger partial charge in [0, 0.05) is 45.5 Å². The van der Waals surface area contributed by atoms with Gasteiger partial charge in [-0.05, 0) is 11.6 Å². The molecular weight excluding hydrogens is 338 g/mol. The van der Waals surface area contributed by atoms with Gasteiger partial charge in [-0.15, -0.1) is 6.58 Å². The molecule has 6 nitrogen and oxygen atoms in total. The molecule has 0 aliphatic carbocycles. The second-order valence-corrected chi connectivity index (χ2v) is 6.34. The second kappa shape index (κ2) is 9.64. The van der Waals surface area contributed by atoms with E-state index in [-0.39, 0.29) is 5.91 Å². The summed E-state index contributed by atoms with van der Waals surface area (Å²) in [5, 5.41) is 3.01. The molecule has 140 valence electrons. The summed E-state index contributed by atoms with van der Waals surface area (Å²) in [6.45, 7) is 8.23. The summed E-state index contributed by atoms with van der Waals surface area (Å²) in [5.41, 5.74) is 1.63. The second-order valence-electron chi connectivity index (χ2n) is 6.34. The lowest BCUT2D eigenvalue weighted by molar-refractivity contribution is 0.0644. The number of rotatable bonds is 7. The maximum absolute atomic E-state index is 12.7. The van der Waals surface area contributed by atoms with Gasteiger partial charge in [0.25, 0.3) is 5.91 Å². The molecule has 1 fully saturated rings. The number of hydrogen-bond donors (Lipinski definition) is 1. The van der Waals surface area contributed by atoms with E-state index in [2.05, 4.69) is 51.0 Å². The van der Waals surface area contributed by atoms with Gasteiger partial charge in [0.15, 0.2) is 0 Å². The molecule has 1 aliphatic heterocycles. The highest BCUT2D eigenvalue weighted by Gasteiger charge is 2.22. The molecule has 0 unspecified atom stereocenters. The summed E-state index contributed by atoms with van der Waals surface area (Å²) in [6.07, 6.45) is 7.64. The molecule has 1 saturated heterocycles. The number of nitrogens with zero attached hydrogens (tertiary/aromatic N) is 4. The van der Waals surface area contributed by atoms with Gasteiger partial charge in [0.1, 0.15) is 5.69 Å². The lowest BCUT2D eigenvalue weighted by atomic mass is 10.2. The first kappa shape index (κ1) is 18.8. The molecule has 1 aromatic heterocycles. The van der Waals surface area contributed by atoms with Gasteiger partial charge >= 0.3 is 0 Å². The first-order valence-electron chi connectivity index (χ1n) is 9.17. The molecule has 6 heteroatoms. The summed E-state index contributed by atoms with van der Waals surface area (Å²) in [6, 6.07) is 11.9. The van der Waals surface area contributed by atoms with Gasteiger partial charge in [-0.25, -0.2) is 9.97 Å². The summed E-state index contributed by atoms with van der Waals surface area (Å²) in [7, 11) is 0. The zero-order chi connectivity index (χ0) is 18.9. The predicted octanol–water partition coefficient (Wildman–Crippen LogP) is 2.55. The van der Waals surface area contributed by atoms with Crippen molar-refractivity contribution in [1.82, 2.24) is 19.8 Å². The van der Waals surface area contributed by atoms with Crippen LogP contribution in [-0.2, 0) is 0 Å². The fraction of sp³-hybridized carbons (Fsp3) is 0.286. The van der Waals surface area contributed by atoms with Crippen LogP contribution in [0, 0.1) is 0 Å². The molecule has 0 atom stereocenters. The lowest BCUT2D eigenvalue weighted by Gasteiger charge is -2.34. The molecule has 1 amide bonds. The van der Waals surface area contributed by atoms with Crippen molar-refractivity contribution in [3.8, 4) is 0 Å². The fourth-order valence-corrected chi connectivity index (χ4v) is 2.92. The van der Waals surface area contributed by atoms with Crippen LogP contribution in [-0.4, -0.2) is 64.9 Å². The predicted molar refractivity (Wildman–Crippen MR) is 109 cm³/mol. The molecule has 1 aromatic carbocycles. The molecule has 27 heavy (non-hydrogen) atoms. The van der Waals surface area contributed by atoms with E-state index in [1.807, 2.05) is 23.1 Å². The molecule has 0 radical (unpaired) electrons. The van der Waals surface area contributed by atoms with Gasteiger partial charge < -0.3 is 10.2 Å². The van der Waals surface area contributed by atoms with Gasteiger partial charge in [0.2, 0.25) is 5.95 Å². The number of benzene rings is 1. The largest absolute Gasteiger partial charge is 0.351 e. The van der Waals surface area contributed by atoms with Crippen LogP contribution in [0.4, 0.5) is 5.95 Å².